The number of allylic oxidation sites excluding steroid dienone is 1. The van der Waals surface area contributed by atoms with Crippen molar-refractivity contribution < 1.29 is 9.32 Å². The standard InChI is InChI=1S/C24H19ClN4O2S/c1-14-8-10-18(11-9-14)29-15(2)20(23-27-22(28-31-23)19-7-4-12-32-19)21(26-24(29)30)16-5-3-6-17(25)13-16/h3-13,21H,1-2H3,(H,26,30). The predicted molar refractivity (Wildman–Crippen MR) is 127 cm³/mol. The van der Waals surface area contributed by atoms with Crippen molar-refractivity contribution in [1.82, 2.24) is 15.5 Å². The van der Waals surface area contributed by atoms with Crippen LogP contribution in [-0.2, 0) is 0 Å². The molecule has 6 nitrogen and oxygen atoms in total. The number of benzene rings is 2. The molecule has 4 aromatic rings. The highest BCUT2D eigenvalue weighted by Gasteiger charge is 2.36. The largest absolute Gasteiger partial charge is 0.334 e. The number of carbonyl (C=O) groups excluding carboxylic acids is 1. The summed E-state index contributed by atoms with van der Waals surface area (Å²) in [5.74, 6) is 0.868. The topological polar surface area (TPSA) is 71.3 Å². The maximum absolute atomic E-state index is 13.2. The normalized spacial score (nSPS) is 16.4. The fourth-order valence-electron chi connectivity index (χ4n) is 3.80. The molecule has 1 aliphatic heterocycles. The molecule has 8 heteroatoms. The van der Waals surface area contributed by atoms with E-state index in [2.05, 4.69) is 15.5 Å². The van der Waals surface area contributed by atoms with Crippen LogP contribution in [0.4, 0.5) is 10.5 Å². The Hall–Kier alpha value is -3.42. The molecule has 1 unspecified atom stereocenters. The minimum Gasteiger partial charge on any atom is -0.334 e. The lowest BCUT2D eigenvalue weighted by Crippen LogP contribution is -2.46. The minimum absolute atomic E-state index is 0.238. The molecule has 0 saturated carbocycles. The molecule has 0 aliphatic carbocycles. The zero-order valence-corrected chi connectivity index (χ0v) is 18.9. The van der Waals surface area contributed by atoms with Crippen molar-refractivity contribution in [2.45, 2.75) is 19.9 Å². The van der Waals surface area contributed by atoms with Gasteiger partial charge in [0, 0.05) is 10.7 Å². The van der Waals surface area contributed by atoms with E-state index in [0.29, 0.717) is 22.4 Å². The molecule has 160 valence electrons. The van der Waals surface area contributed by atoms with Crippen LogP contribution in [0.3, 0.4) is 0 Å². The number of aromatic nitrogens is 2. The van der Waals surface area contributed by atoms with E-state index in [4.69, 9.17) is 16.1 Å². The summed E-state index contributed by atoms with van der Waals surface area (Å²) in [5, 5.41) is 9.81. The monoisotopic (exact) mass is 462 g/mol. The molecule has 0 bridgehead atoms. The predicted octanol–water partition coefficient (Wildman–Crippen LogP) is 6.46. The number of aryl methyl sites for hydroxylation is 1. The number of nitrogens with zero attached hydrogens (tertiary/aromatic N) is 3. The van der Waals surface area contributed by atoms with Crippen molar-refractivity contribution in [3.05, 3.63) is 93.8 Å². The van der Waals surface area contributed by atoms with Crippen LogP contribution in [0.5, 0.6) is 0 Å². The third kappa shape index (κ3) is 3.70. The van der Waals surface area contributed by atoms with Crippen molar-refractivity contribution in [1.29, 1.82) is 0 Å². The Morgan fingerprint density at radius 3 is 2.62 bits per heavy atom. The molecule has 0 fully saturated rings. The van der Waals surface area contributed by atoms with Gasteiger partial charge in [0.15, 0.2) is 0 Å². The number of amides is 2. The highest BCUT2D eigenvalue weighted by atomic mass is 35.5. The van der Waals surface area contributed by atoms with Gasteiger partial charge in [0.1, 0.15) is 0 Å². The van der Waals surface area contributed by atoms with Crippen LogP contribution in [0.1, 0.15) is 30.0 Å². The van der Waals surface area contributed by atoms with Crippen LogP contribution >= 0.6 is 22.9 Å². The number of urea groups is 1. The number of carbonyl (C=O) groups is 1. The van der Waals surface area contributed by atoms with E-state index in [0.717, 1.165) is 27.3 Å². The Morgan fingerprint density at radius 1 is 1.09 bits per heavy atom. The van der Waals surface area contributed by atoms with E-state index in [1.54, 1.807) is 11.0 Å². The van der Waals surface area contributed by atoms with Gasteiger partial charge >= 0.3 is 6.03 Å². The zero-order valence-electron chi connectivity index (χ0n) is 17.4. The summed E-state index contributed by atoms with van der Waals surface area (Å²) >= 11 is 7.79. The Labute approximate surface area is 194 Å². The van der Waals surface area contributed by atoms with Gasteiger partial charge in [0.05, 0.1) is 22.2 Å². The van der Waals surface area contributed by atoms with Gasteiger partial charge in [-0.05, 0) is 55.1 Å². The quantitative estimate of drug-likeness (QED) is 0.377. The fourth-order valence-corrected chi connectivity index (χ4v) is 4.65. The van der Waals surface area contributed by atoms with E-state index in [-0.39, 0.29) is 6.03 Å². The van der Waals surface area contributed by atoms with Gasteiger partial charge in [-0.2, -0.15) is 4.98 Å². The molecule has 1 aliphatic rings. The van der Waals surface area contributed by atoms with Crippen LogP contribution in [0, 0.1) is 6.92 Å². The Kier molecular flexibility index (Phi) is 5.28. The first-order valence-corrected chi connectivity index (χ1v) is 11.3. The van der Waals surface area contributed by atoms with Gasteiger partial charge in [-0.3, -0.25) is 4.90 Å². The van der Waals surface area contributed by atoms with Crippen LogP contribution < -0.4 is 10.2 Å². The minimum atomic E-state index is -0.487. The number of hydrogen-bond acceptors (Lipinski definition) is 5. The van der Waals surface area contributed by atoms with Crippen LogP contribution in [-0.4, -0.2) is 16.2 Å². The first-order chi connectivity index (χ1) is 15.5. The number of anilines is 1. The molecule has 1 N–H and O–H groups in total. The summed E-state index contributed by atoms with van der Waals surface area (Å²) in [6.07, 6.45) is 0. The molecular formula is C24H19ClN4O2S. The molecule has 2 aromatic heterocycles. The van der Waals surface area contributed by atoms with E-state index >= 15 is 0 Å². The second-order valence-electron chi connectivity index (χ2n) is 7.51. The van der Waals surface area contributed by atoms with E-state index in [9.17, 15) is 4.79 Å². The molecular weight excluding hydrogens is 444 g/mol. The molecule has 32 heavy (non-hydrogen) atoms. The van der Waals surface area contributed by atoms with Crippen molar-refractivity contribution in [3.8, 4) is 10.7 Å². The lowest BCUT2D eigenvalue weighted by Gasteiger charge is -2.35. The summed E-state index contributed by atoms with van der Waals surface area (Å²) in [6.45, 7) is 3.90. The third-order valence-electron chi connectivity index (χ3n) is 5.36. The van der Waals surface area contributed by atoms with Crippen molar-refractivity contribution >= 4 is 40.2 Å². The van der Waals surface area contributed by atoms with Gasteiger partial charge < -0.3 is 9.84 Å². The lowest BCUT2D eigenvalue weighted by molar-refractivity contribution is 0.244. The number of nitrogens with one attached hydrogen (secondary N) is 1. The first kappa shape index (κ1) is 20.5. The van der Waals surface area contributed by atoms with E-state index in [1.807, 2.05) is 73.8 Å². The van der Waals surface area contributed by atoms with Crippen LogP contribution in [0.2, 0.25) is 5.02 Å². The maximum Gasteiger partial charge on any atom is 0.326 e. The van der Waals surface area contributed by atoms with E-state index in [1.165, 1.54) is 11.3 Å². The fraction of sp³-hybridized carbons (Fsp3) is 0.125. The van der Waals surface area contributed by atoms with Crippen LogP contribution in [0.15, 0.2) is 76.3 Å². The molecule has 0 radical (unpaired) electrons. The Morgan fingerprint density at radius 2 is 1.91 bits per heavy atom. The maximum atomic E-state index is 13.2. The lowest BCUT2D eigenvalue weighted by atomic mass is 9.94. The molecule has 0 saturated heterocycles. The molecule has 2 aromatic carbocycles. The Bertz CT molecular complexity index is 1310. The third-order valence-corrected chi connectivity index (χ3v) is 6.46. The number of hydrogen-bond donors (Lipinski definition) is 1. The van der Waals surface area contributed by atoms with Gasteiger partial charge in [-0.25, -0.2) is 4.79 Å². The zero-order chi connectivity index (χ0) is 22.2. The Balaban J connectivity index is 1.67. The van der Waals surface area contributed by atoms with Crippen molar-refractivity contribution in [2.75, 3.05) is 4.90 Å². The van der Waals surface area contributed by atoms with Gasteiger partial charge in [-0.1, -0.05) is 52.7 Å². The molecule has 1 atom stereocenters. The second-order valence-corrected chi connectivity index (χ2v) is 8.89. The second kappa shape index (κ2) is 8.26. The van der Waals surface area contributed by atoms with Gasteiger partial charge in [0.25, 0.3) is 5.89 Å². The highest BCUT2D eigenvalue weighted by Crippen LogP contribution is 2.39. The summed E-state index contributed by atoms with van der Waals surface area (Å²) in [6, 6.07) is 18.3. The van der Waals surface area contributed by atoms with Crippen molar-refractivity contribution in [2.24, 2.45) is 0 Å². The van der Waals surface area contributed by atoms with E-state index < -0.39 is 6.04 Å². The molecule has 2 amide bonds. The summed E-state index contributed by atoms with van der Waals surface area (Å²) in [4.78, 5) is 20.4. The number of thiophene rings is 1. The number of halogens is 1. The molecule has 3 heterocycles. The smallest absolute Gasteiger partial charge is 0.326 e. The SMILES string of the molecule is CC1=C(c2nc(-c3cccs3)no2)C(c2cccc(Cl)c2)NC(=O)N1c1ccc(C)cc1. The van der Waals surface area contributed by atoms with Crippen molar-refractivity contribution in [3.63, 3.8) is 0 Å². The average molecular weight is 463 g/mol. The highest BCUT2D eigenvalue weighted by molar-refractivity contribution is 7.13. The number of rotatable bonds is 4. The molecule has 5 rings (SSSR count). The average Bonchev–Trinajstić information content (AvgIpc) is 3.47. The summed E-state index contributed by atoms with van der Waals surface area (Å²) in [7, 11) is 0. The summed E-state index contributed by atoms with van der Waals surface area (Å²) in [5.41, 5.74) is 4.14. The van der Waals surface area contributed by atoms with Gasteiger partial charge in [-0.15, -0.1) is 11.3 Å². The summed E-state index contributed by atoms with van der Waals surface area (Å²) < 4.78 is 5.70. The van der Waals surface area contributed by atoms with Gasteiger partial charge in [0.2, 0.25) is 5.82 Å². The first-order valence-electron chi connectivity index (χ1n) is 10.0. The van der Waals surface area contributed by atoms with Crippen LogP contribution in [0.25, 0.3) is 16.3 Å². The molecule has 0 spiro atoms.